The molecule has 1 saturated heterocycles. The monoisotopic (exact) mass is 386 g/mol. The summed E-state index contributed by atoms with van der Waals surface area (Å²) in [6.45, 7) is 1.66. The lowest BCUT2D eigenvalue weighted by Gasteiger charge is -2.37. The van der Waals surface area contributed by atoms with Crippen LogP contribution < -0.4 is 5.32 Å². The number of anilines is 1. The van der Waals surface area contributed by atoms with Crippen molar-refractivity contribution in [2.24, 2.45) is 35.5 Å². The summed E-state index contributed by atoms with van der Waals surface area (Å²) in [5.41, 5.74) is 0.694. The fraction of sp³-hybridized carbons (Fsp3) is 0.375. The van der Waals surface area contributed by atoms with E-state index in [2.05, 4.69) is 17.5 Å². The minimum absolute atomic E-state index is 0.162. The van der Waals surface area contributed by atoms with E-state index in [0.717, 1.165) is 17.2 Å². The average Bonchev–Trinajstić information content (AvgIpc) is 3.51. The molecule has 7 rings (SSSR count). The van der Waals surface area contributed by atoms with Crippen LogP contribution >= 0.6 is 0 Å². The topological polar surface area (TPSA) is 66.5 Å². The highest BCUT2D eigenvalue weighted by Crippen LogP contribution is 2.65. The summed E-state index contributed by atoms with van der Waals surface area (Å²) in [6, 6.07) is 12.7. The Bertz CT molecular complexity index is 1070. The first-order valence-corrected chi connectivity index (χ1v) is 10.4. The number of rotatable bonds is 3. The molecule has 3 fully saturated rings. The summed E-state index contributed by atoms with van der Waals surface area (Å²) in [5.74, 6) is 0.269. The van der Waals surface area contributed by atoms with E-state index in [1.807, 2.05) is 42.5 Å². The van der Waals surface area contributed by atoms with E-state index in [9.17, 15) is 14.4 Å². The van der Waals surface area contributed by atoms with Crippen LogP contribution in [-0.4, -0.2) is 28.7 Å². The fourth-order valence-corrected chi connectivity index (χ4v) is 6.05. The van der Waals surface area contributed by atoms with E-state index in [1.54, 1.807) is 6.92 Å². The molecule has 2 aromatic carbocycles. The number of amides is 3. The van der Waals surface area contributed by atoms with Gasteiger partial charge in [-0.05, 0) is 48.5 Å². The molecule has 0 radical (unpaired) electrons. The Morgan fingerprint density at radius 3 is 2.28 bits per heavy atom. The summed E-state index contributed by atoms with van der Waals surface area (Å²) >= 11 is 0. The molecule has 146 valence electrons. The number of benzene rings is 2. The first kappa shape index (κ1) is 17.0. The lowest BCUT2D eigenvalue weighted by Crippen LogP contribution is -2.46. The fourth-order valence-electron chi connectivity index (χ4n) is 6.05. The number of fused-ring (bicyclic) bond motifs is 1. The predicted octanol–water partition coefficient (Wildman–Crippen LogP) is 3.22. The Balaban J connectivity index is 1.27. The van der Waals surface area contributed by atoms with Gasteiger partial charge in [0.2, 0.25) is 17.7 Å². The van der Waals surface area contributed by atoms with Crippen molar-refractivity contribution in [3.8, 4) is 0 Å². The Morgan fingerprint density at radius 2 is 1.59 bits per heavy atom. The predicted molar refractivity (Wildman–Crippen MR) is 109 cm³/mol. The van der Waals surface area contributed by atoms with Gasteiger partial charge in [0.05, 0.1) is 11.8 Å². The van der Waals surface area contributed by atoms with Gasteiger partial charge in [0.1, 0.15) is 6.04 Å². The second-order valence-corrected chi connectivity index (χ2v) is 8.89. The van der Waals surface area contributed by atoms with Crippen molar-refractivity contribution in [3.63, 3.8) is 0 Å². The van der Waals surface area contributed by atoms with Gasteiger partial charge in [-0.25, -0.2) is 0 Å². The van der Waals surface area contributed by atoms with E-state index < -0.39 is 6.04 Å². The van der Waals surface area contributed by atoms with E-state index in [1.165, 1.54) is 4.90 Å². The van der Waals surface area contributed by atoms with Crippen LogP contribution in [0.15, 0.2) is 54.6 Å². The minimum Gasteiger partial charge on any atom is -0.324 e. The molecule has 2 aromatic rings. The number of allylic oxidation sites excluding steroid dienone is 2. The Hall–Kier alpha value is -2.95. The molecule has 4 aliphatic carbocycles. The van der Waals surface area contributed by atoms with Gasteiger partial charge in [0.15, 0.2) is 0 Å². The molecule has 0 aromatic heterocycles. The molecule has 1 heterocycles. The lowest BCUT2D eigenvalue weighted by molar-refractivity contribution is -0.146. The maximum Gasteiger partial charge on any atom is 0.247 e. The SMILES string of the molecule is C[C@@H](C(=O)Nc1cccc2ccccc12)N1C(=O)[C@@H]2[C@@H]3C=C[C@H]([C@H]4C[C@H]34)[C@@H]2C1=O. The zero-order valence-corrected chi connectivity index (χ0v) is 16.1. The summed E-state index contributed by atoms with van der Waals surface area (Å²) < 4.78 is 0. The van der Waals surface area contributed by atoms with Crippen LogP contribution in [0.25, 0.3) is 10.8 Å². The second-order valence-electron chi connectivity index (χ2n) is 8.89. The van der Waals surface area contributed by atoms with Gasteiger partial charge in [0.25, 0.3) is 0 Å². The summed E-state index contributed by atoms with van der Waals surface area (Å²) in [6.07, 6.45) is 5.43. The van der Waals surface area contributed by atoms with Crippen molar-refractivity contribution < 1.29 is 14.4 Å². The number of hydrogen-bond acceptors (Lipinski definition) is 3. The first-order chi connectivity index (χ1) is 14.1. The standard InChI is InChI=1S/C24H22N2O3/c1-12(22(27)25-19-8-4-6-13-5-2-3-7-14(13)19)26-23(28)20-15-9-10-16(18-11-17(15)18)21(20)24(26)29/h2-10,12,15-18,20-21H,11H2,1H3,(H,25,27)/t12-,15+,16+,17+,18+,20-,21+/m0/s1. The highest BCUT2D eigenvalue weighted by molar-refractivity contribution is 6.11. The summed E-state index contributed by atoms with van der Waals surface area (Å²) in [5, 5.41) is 4.90. The largest absolute Gasteiger partial charge is 0.324 e. The quantitative estimate of drug-likeness (QED) is 0.651. The highest BCUT2D eigenvalue weighted by atomic mass is 16.2. The molecular formula is C24H22N2O3. The third-order valence-electron chi connectivity index (χ3n) is 7.51. The zero-order valence-electron chi connectivity index (χ0n) is 16.1. The summed E-state index contributed by atoms with van der Waals surface area (Å²) in [4.78, 5) is 40.7. The van der Waals surface area contributed by atoms with Crippen molar-refractivity contribution in [2.45, 2.75) is 19.4 Å². The molecule has 1 N–H and O–H groups in total. The number of hydrogen-bond donors (Lipinski definition) is 1. The maximum absolute atomic E-state index is 13.2. The van der Waals surface area contributed by atoms with Gasteiger partial charge in [-0.2, -0.15) is 0 Å². The Morgan fingerprint density at radius 1 is 0.966 bits per heavy atom. The smallest absolute Gasteiger partial charge is 0.247 e. The van der Waals surface area contributed by atoms with Gasteiger partial charge < -0.3 is 5.32 Å². The van der Waals surface area contributed by atoms with Gasteiger partial charge >= 0.3 is 0 Å². The molecule has 7 atom stereocenters. The van der Waals surface area contributed by atoms with Crippen LogP contribution in [0, 0.1) is 35.5 Å². The number of imide groups is 1. The van der Waals surface area contributed by atoms with Crippen molar-refractivity contribution in [3.05, 3.63) is 54.6 Å². The molecule has 5 heteroatoms. The van der Waals surface area contributed by atoms with Crippen LogP contribution in [0.2, 0.25) is 0 Å². The molecule has 5 nitrogen and oxygen atoms in total. The molecule has 0 unspecified atom stereocenters. The van der Waals surface area contributed by atoms with E-state index in [0.29, 0.717) is 17.5 Å². The second kappa shape index (κ2) is 5.78. The van der Waals surface area contributed by atoms with Gasteiger partial charge in [-0.1, -0.05) is 48.6 Å². The van der Waals surface area contributed by atoms with Crippen LogP contribution in [0.1, 0.15) is 13.3 Å². The van der Waals surface area contributed by atoms with E-state index in [4.69, 9.17) is 0 Å². The summed E-state index contributed by atoms with van der Waals surface area (Å²) in [7, 11) is 0. The molecule has 3 amide bonds. The normalized spacial score (nSPS) is 34.9. The molecule has 2 saturated carbocycles. The Labute approximate surface area is 168 Å². The number of nitrogens with one attached hydrogen (secondary N) is 1. The van der Waals surface area contributed by atoms with Gasteiger partial charge in [-0.15, -0.1) is 0 Å². The number of carbonyl (C=O) groups excluding carboxylic acids is 3. The minimum atomic E-state index is -0.824. The Kier molecular flexibility index (Phi) is 3.38. The van der Waals surface area contributed by atoms with E-state index >= 15 is 0 Å². The van der Waals surface area contributed by atoms with Crippen molar-refractivity contribution in [2.75, 3.05) is 5.32 Å². The molecular weight excluding hydrogens is 364 g/mol. The number of carbonyl (C=O) groups is 3. The first-order valence-electron chi connectivity index (χ1n) is 10.4. The van der Waals surface area contributed by atoms with Crippen molar-refractivity contribution in [1.29, 1.82) is 0 Å². The molecule has 1 aliphatic heterocycles. The number of nitrogens with zero attached hydrogens (tertiary/aromatic N) is 1. The molecule has 2 bridgehead atoms. The van der Waals surface area contributed by atoms with Crippen LogP contribution in [0.5, 0.6) is 0 Å². The lowest BCUT2D eigenvalue weighted by atomic mass is 9.63. The van der Waals surface area contributed by atoms with Crippen LogP contribution in [-0.2, 0) is 14.4 Å². The maximum atomic E-state index is 13.2. The zero-order chi connectivity index (χ0) is 19.9. The van der Waals surface area contributed by atoms with Crippen LogP contribution in [0.3, 0.4) is 0 Å². The van der Waals surface area contributed by atoms with Crippen molar-refractivity contribution >= 4 is 34.2 Å². The van der Waals surface area contributed by atoms with E-state index in [-0.39, 0.29) is 41.4 Å². The molecule has 0 spiro atoms. The van der Waals surface area contributed by atoms with Gasteiger partial charge in [-0.3, -0.25) is 19.3 Å². The molecule has 29 heavy (non-hydrogen) atoms. The third kappa shape index (κ3) is 2.24. The van der Waals surface area contributed by atoms with Crippen molar-refractivity contribution in [1.82, 2.24) is 4.90 Å². The van der Waals surface area contributed by atoms with Crippen LogP contribution in [0.4, 0.5) is 5.69 Å². The molecule has 5 aliphatic rings. The van der Waals surface area contributed by atoms with Gasteiger partial charge in [0, 0.05) is 11.1 Å². The third-order valence-corrected chi connectivity index (χ3v) is 7.51. The average molecular weight is 386 g/mol. The number of likely N-dealkylation sites (tertiary alicyclic amines) is 1. The highest BCUT2D eigenvalue weighted by Gasteiger charge is 2.67.